The van der Waals surface area contributed by atoms with Crippen molar-refractivity contribution in [3.8, 4) is 5.75 Å². The molecule has 0 aliphatic heterocycles. The number of amides is 1. The van der Waals surface area contributed by atoms with E-state index in [0.717, 1.165) is 10.9 Å². The van der Waals surface area contributed by atoms with E-state index in [1.807, 2.05) is 30.3 Å². The van der Waals surface area contributed by atoms with Gasteiger partial charge >= 0.3 is 0 Å². The first kappa shape index (κ1) is 17.2. The zero-order chi connectivity index (χ0) is 17.6. The van der Waals surface area contributed by atoms with Gasteiger partial charge in [-0.15, -0.1) is 0 Å². The number of ether oxygens (including phenoxy) is 1. The summed E-state index contributed by atoms with van der Waals surface area (Å²) in [5.41, 5.74) is 3.78. The van der Waals surface area contributed by atoms with Crippen LogP contribution >= 0.6 is 23.2 Å². The van der Waals surface area contributed by atoms with E-state index in [0.29, 0.717) is 21.5 Å². The molecule has 2 aromatic carbocycles. The molecule has 3 rings (SSSR count). The lowest BCUT2D eigenvalue weighted by Gasteiger charge is -2.05. The average molecular weight is 374 g/mol. The molecule has 1 amide bonds. The number of carbonyl (C=O) groups is 1. The van der Waals surface area contributed by atoms with Crippen molar-refractivity contribution in [1.82, 2.24) is 10.4 Å². The Balaban J connectivity index is 1.59. The molecule has 1 heterocycles. The molecular weight excluding hydrogens is 361 g/mol. The number of halogens is 2. The van der Waals surface area contributed by atoms with Crippen LogP contribution in [0.5, 0.6) is 5.75 Å². The average Bonchev–Trinajstić information content (AvgIpc) is 2.60. The lowest BCUT2D eigenvalue weighted by atomic mass is 10.2. The highest BCUT2D eigenvalue weighted by molar-refractivity contribution is 6.32. The van der Waals surface area contributed by atoms with E-state index in [9.17, 15) is 4.79 Å². The second-order valence-electron chi connectivity index (χ2n) is 5.10. The number of rotatable bonds is 5. The topological polar surface area (TPSA) is 63.6 Å². The van der Waals surface area contributed by atoms with Crippen LogP contribution in [0.15, 0.2) is 59.7 Å². The fraction of sp³-hybridized carbons (Fsp3) is 0.0556. The maximum absolute atomic E-state index is 11.8. The summed E-state index contributed by atoms with van der Waals surface area (Å²) >= 11 is 12.0. The van der Waals surface area contributed by atoms with Gasteiger partial charge in [0, 0.05) is 16.0 Å². The second kappa shape index (κ2) is 7.96. The number of benzene rings is 2. The lowest BCUT2D eigenvalue weighted by molar-refractivity contribution is -0.123. The minimum Gasteiger partial charge on any atom is -0.484 e. The Bertz CT molecular complexity index is 945. The van der Waals surface area contributed by atoms with Crippen LogP contribution in [-0.4, -0.2) is 23.7 Å². The smallest absolute Gasteiger partial charge is 0.277 e. The normalized spacial score (nSPS) is 11.0. The molecule has 0 aliphatic rings. The Hall–Kier alpha value is -2.63. The van der Waals surface area contributed by atoms with Crippen LogP contribution in [0.1, 0.15) is 5.56 Å². The Morgan fingerprint density at radius 3 is 2.84 bits per heavy atom. The van der Waals surface area contributed by atoms with E-state index >= 15 is 0 Å². The molecule has 0 fully saturated rings. The zero-order valence-corrected chi connectivity index (χ0v) is 14.5. The maximum atomic E-state index is 11.8. The highest BCUT2D eigenvalue weighted by Crippen LogP contribution is 2.19. The minimum atomic E-state index is -0.402. The number of carbonyl (C=O) groups excluding carboxylic acids is 1. The Morgan fingerprint density at radius 1 is 1.16 bits per heavy atom. The summed E-state index contributed by atoms with van der Waals surface area (Å²) in [6.07, 6.45) is 1.44. The summed E-state index contributed by atoms with van der Waals surface area (Å²) in [5.74, 6) is 0.106. The van der Waals surface area contributed by atoms with Gasteiger partial charge in [-0.3, -0.25) is 4.79 Å². The van der Waals surface area contributed by atoms with Crippen molar-refractivity contribution in [2.75, 3.05) is 6.61 Å². The third-order valence-corrected chi connectivity index (χ3v) is 3.80. The van der Waals surface area contributed by atoms with Gasteiger partial charge < -0.3 is 4.74 Å². The second-order valence-corrected chi connectivity index (χ2v) is 5.89. The van der Waals surface area contributed by atoms with Crippen LogP contribution in [0.2, 0.25) is 10.2 Å². The third kappa shape index (κ3) is 4.68. The Labute approximate surface area is 154 Å². The first-order chi connectivity index (χ1) is 12.1. The highest BCUT2D eigenvalue weighted by atomic mass is 35.5. The minimum absolute atomic E-state index is 0.179. The van der Waals surface area contributed by atoms with Gasteiger partial charge in [-0.05, 0) is 30.3 Å². The summed E-state index contributed by atoms with van der Waals surface area (Å²) in [6.45, 7) is -0.179. The van der Waals surface area contributed by atoms with E-state index in [2.05, 4.69) is 15.5 Å². The Morgan fingerprint density at radius 2 is 2.00 bits per heavy atom. The van der Waals surface area contributed by atoms with Crippen molar-refractivity contribution in [2.45, 2.75) is 0 Å². The van der Waals surface area contributed by atoms with E-state index in [4.69, 9.17) is 27.9 Å². The predicted octanol–water partition coefficient (Wildman–Crippen LogP) is 4.07. The monoisotopic (exact) mass is 373 g/mol. The molecule has 0 radical (unpaired) electrons. The molecule has 5 nitrogen and oxygen atoms in total. The van der Waals surface area contributed by atoms with Crippen molar-refractivity contribution >= 4 is 46.2 Å². The lowest BCUT2D eigenvalue weighted by Crippen LogP contribution is -2.24. The number of aromatic nitrogens is 1. The molecule has 126 valence electrons. The maximum Gasteiger partial charge on any atom is 0.277 e. The highest BCUT2D eigenvalue weighted by Gasteiger charge is 2.04. The van der Waals surface area contributed by atoms with Crippen molar-refractivity contribution in [3.63, 3.8) is 0 Å². The van der Waals surface area contributed by atoms with Gasteiger partial charge in [-0.2, -0.15) is 5.10 Å². The number of hydrazone groups is 1. The molecule has 3 aromatic rings. The SMILES string of the molecule is O=C(COc1cccc(Cl)c1)NN=Cc1cc2ccccc2nc1Cl. The van der Waals surface area contributed by atoms with E-state index < -0.39 is 5.91 Å². The summed E-state index contributed by atoms with van der Waals surface area (Å²) < 4.78 is 5.32. The van der Waals surface area contributed by atoms with Crippen molar-refractivity contribution in [1.29, 1.82) is 0 Å². The van der Waals surface area contributed by atoms with Gasteiger partial charge in [0.15, 0.2) is 6.61 Å². The van der Waals surface area contributed by atoms with Gasteiger partial charge in [-0.25, -0.2) is 10.4 Å². The summed E-state index contributed by atoms with van der Waals surface area (Å²) in [4.78, 5) is 16.0. The molecule has 0 saturated carbocycles. The first-order valence-corrected chi connectivity index (χ1v) is 8.13. The number of para-hydroxylation sites is 1. The predicted molar refractivity (Wildman–Crippen MR) is 99.4 cm³/mol. The quantitative estimate of drug-likeness (QED) is 0.416. The van der Waals surface area contributed by atoms with Crippen LogP contribution in [0.25, 0.3) is 10.9 Å². The van der Waals surface area contributed by atoms with E-state index in [1.165, 1.54) is 6.21 Å². The summed E-state index contributed by atoms with van der Waals surface area (Å²) in [6, 6.07) is 16.2. The number of hydrogen-bond donors (Lipinski definition) is 1. The molecule has 0 saturated heterocycles. The zero-order valence-electron chi connectivity index (χ0n) is 12.9. The summed E-state index contributed by atoms with van der Waals surface area (Å²) in [5, 5.41) is 5.67. The molecule has 1 N–H and O–H groups in total. The number of fused-ring (bicyclic) bond motifs is 1. The van der Waals surface area contributed by atoms with Crippen molar-refractivity contribution < 1.29 is 9.53 Å². The molecule has 0 aliphatic carbocycles. The van der Waals surface area contributed by atoms with Gasteiger partial charge in [0.25, 0.3) is 5.91 Å². The molecule has 0 atom stereocenters. The van der Waals surface area contributed by atoms with Crippen LogP contribution in [0, 0.1) is 0 Å². The van der Waals surface area contributed by atoms with Gasteiger partial charge in [0.2, 0.25) is 0 Å². The molecular formula is C18H13Cl2N3O2. The van der Waals surface area contributed by atoms with Crippen LogP contribution in [0.4, 0.5) is 0 Å². The van der Waals surface area contributed by atoms with Crippen LogP contribution in [-0.2, 0) is 4.79 Å². The van der Waals surface area contributed by atoms with Gasteiger partial charge in [-0.1, -0.05) is 47.5 Å². The van der Waals surface area contributed by atoms with Crippen LogP contribution in [0.3, 0.4) is 0 Å². The Kier molecular flexibility index (Phi) is 5.48. The van der Waals surface area contributed by atoms with Crippen molar-refractivity contribution in [2.24, 2.45) is 5.10 Å². The van der Waals surface area contributed by atoms with E-state index in [1.54, 1.807) is 24.3 Å². The molecule has 0 unspecified atom stereocenters. The first-order valence-electron chi connectivity index (χ1n) is 7.37. The number of nitrogens with zero attached hydrogens (tertiary/aromatic N) is 2. The third-order valence-electron chi connectivity index (χ3n) is 3.26. The molecule has 7 heteroatoms. The van der Waals surface area contributed by atoms with E-state index in [-0.39, 0.29) is 6.61 Å². The van der Waals surface area contributed by atoms with Crippen LogP contribution < -0.4 is 10.2 Å². The van der Waals surface area contributed by atoms with Gasteiger partial charge in [0.05, 0.1) is 11.7 Å². The largest absolute Gasteiger partial charge is 0.484 e. The molecule has 0 bridgehead atoms. The van der Waals surface area contributed by atoms with Crippen molar-refractivity contribution in [3.05, 3.63) is 70.3 Å². The molecule has 0 spiro atoms. The number of pyridine rings is 1. The fourth-order valence-electron chi connectivity index (χ4n) is 2.11. The number of nitrogens with one attached hydrogen (secondary N) is 1. The molecule has 25 heavy (non-hydrogen) atoms. The molecule has 1 aromatic heterocycles. The standard InChI is InChI=1S/C18H13Cl2N3O2/c19-14-5-3-6-15(9-14)25-11-17(24)23-21-10-13-8-12-4-1-2-7-16(12)22-18(13)20/h1-10H,11H2,(H,23,24). The summed E-state index contributed by atoms with van der Waals surface area (Å²) in [7, 11) is 0. The number of hydrogen-bond acceptors (Lipinski definition) is 4. The fourth-order valence-corrected chi connectivity index (χ4v) is 2.49. The van der Waals surface area contributed by atoms with Gasteiger partial charge in [0.1, 0.15) is 10.9 Å².